The second-order valence-electron chi connectivity index (χ2n) is 10.7. The highest BCUT2D eigenvalue weighted by Crippen LogP contribution is 2.33. The van der Waals surface area contributed by atoms with E-state index in [0.717, 1.165) is 33.4 Å². The number of aliphatic hydroxyl groups excluding tert-OH is 2. The van der Waals surface area contributed by atoms with Crippen molar-refractivity contribution in [2.24, 2.45) is 0 Å². The van der Waals surface area contributed by atoms with Gasteiger partial charge in [-0.05, 0) is 46.2 Å². The van der Waals surface area contributed by atoms with Gasteiger partial charge in [0.05, 0.1) is 24.5 Å². The van der Waals surface area contributed by atoms with Crippen molar-refractivity contribution in [2.75, 3.05) is 0 Å². The van der Waals surface area contributed by atoms with Crippen LogP contribution in [0, 0.1) is 0 Å². The van der Waals surface area contributed by atoms with Crippen molar-refractivity contribution in [1.82, 2.24) is 9.80 Å². The first-order chi connectivity index (χ1) is 19.9. The molecule has 4 aromatic carbocycles. The van der Waals surface area contributed by atoms with Crippen LogP contribution in [-0.4, -0.2) is 55.5 Å². The first kappa shape index (κ1) is 28.7. The third kappa shape index (κ3) is 6.59. The van der Waals surface area contributed by atoms with E-state index in [1.807, 2.05) is 109 Å². The maximum atomic E-state index is 14.4. The summed E-state index contributed by atoms with van der Waals surface area (Å²) in [6.07, 6.45) is 0.649. The van der Waals surface area contributed by atoms with E-state index in [2.05, 4.69) is 0 Å². The number of hydrogen-bond donors (Lipinski definition) is 4. The van der Waals surface area contributed by atoms with Gasteiger partial charge in [0.25, 0.3) is 0 Å². The van der Waals surface area contributed by atoms with Crippen LogP contribution >= 0.6 is 0 Å². The van der Waals surface area contributed by atoms with Crippen molar-refractivity contribution in [3.8, 4) is 0 Å². The molecule has 1 aliphatic heterocycles. The van der Waals surface area contributed by atoms with Crippen LogP contribution in [0.3, 0.4) is 0 Å². The molecular formula is C33H36N2O5Si. The van der Waals surface area contributed by atoms with E-state index in [0.29, 0.717) is 12.8 Å². The van der Waals surface area contributed by atoms with E-state index in [9.17, 15) is 24.6 Å². The monoisotopic (exact) mass is 568 g/mol. The molecule has 1 saturated heterocycles. The summed E-state index contributed by atoms with van der Waals surface area (Å²) in [5.41, 5.74) is 3.51. The molecule has 1 aliphatic rings. The fourth-order valence-electron chi connectivity index (χ4n) is 5.56. The minimum atomic E-state index is -4.18. The molecule has 0 bridgehead atoms. The van der Waals surface area contributed by atoms with Crippen molar-refractivity contribution in [2.45, 2.75) is 50.5 Å². The van der Waals surface area contributed by atoms with E-state index in [-0.39, 0.29) is 32.3 Å². The summed E-state index contributed by atoms with van der Waals surface area (Å²) < 4.78 is 0. The topological polar surface area (TPSA) is 104 Å². The zero-order chi connectivity index (χ0) is 28.8. The Hall–Kier alpha value is -3.79. The lowest BCUT2D eigenvalue weighted by atomic mass is 10.1. The minimum absolute atomic E-state index is 0.0765. The van der Waals surface area contributed by atoms with E-state index >= 15 is 0 Å². The van der Waals surface area contributed by atoms with E-state index in [1.165, 1.54) is 0 Å². The first-order valence-electron chi connectivity index (χ1n) is 13.9. The van der Waals surface area contributed by atoms with Crippen molar-refractivity contribution in [1.29, 1.82) is 0 Å². The number of rotatable bonds is 10. The smallest absolute Gasteiger partial charge is 0.380 e. The average Bonchev–Trinajstić information content (AvgIpc) is 3.01. The lowest BCUT2D eigenvalue weighted by Gasteiger charge is -2.51. The second kappa shape index (κ2) is 12.8. The lowest BCUT2D eigenvalue weighted by Crippen LogP contribution is -2.77. The number of nitrogens with zero attached hydrogens (tertiary/aromatic N) is 2. The highest BCUT2D eigenvalue weighted by molar-refractivity contribution is 6.69. The van der Waals surface area contributed by atoms with E-state index < -0.39 is 19.9 Å². The van der Waals surface area contributed by atoms with Gasteiger partial charge >= 0.3 is 14.6 Å². The van der Waals surface area contributed by atoms with E-state index in [1.54, 1.807) is 9.80 Å². The van der Waals surface area contributed by atoms with Crippen LogP contribution in [0.5, 0.6) is 0 Å². The number of benzene rings is 4. The van der Waals surface area contributed by atoms with Crippen molar-refractivity contribution in [3.63, 3.8) is 0 Å². The summed E-state index contributed by atoms with van der Waals surface area (Å²) in [5, 5.41) is 19.0. The molecular weight excluding hydrogens is 532 g/mol. The van der Waals surface area contributed by atoms with Gasteiger partial charge in [0.15, 0.2) is 0 Å². The standard InChI is InChI=1S/C33H36N2O5Si/c36-23-29-15-11-27(12-16-29)21-34-31(19-25-7-3-1-4-8-25)41(39,40)32(20-26-9-5-2-6-10-26)35(33(34)38)22-28-13-17-30(24-37)18-14-28/h1-18,31-32,36-37,39-40H,19-24H2. The Morgan fingerprint density at radius 3 is 1.20 bits per heavy atom. The van der Waals surface area contributed by atoms with Crippen LogP contribution < -0.4 is 0 Å². The van der Waals surface area contributed by atoms with Gasteiger partial charge in [-0.1, -0.05) is 109 Å². The van der Waals surface area contributed by atoms with E-state index in [4.69, 9.17) is 0 Å². The number of carbonyl (C=O) groups excluding carboxylic acids is 1. The highest BCUT2D eigenvalue weighted by Gasteiger charge is 2.58. The number of carbonyl (C=O) groups is 1. The zero-order valence-corrected chi connectivity index (χ0v) is 23.9. The van der Waals surface area contributed by atoms with Gasteiger partial charge in [0.2, 0.25) is 0 Å². The fourth-order valence-corrected chi connectivity index (χ4v) is 8.39. The van der Waals surface area contributed by atoms with Gasteiger partial charge in [0.1, 0.15) is 0 Å². The van der Waals surface area contributed by atoms with Gasteiger partial charge in [-0.25, -0.2) is 4.79 Å². The molecule has 1 fully saturated rings. The van der Waals surface area contributed by atoms with Gasteiger partial charge in [-0.15, -0.1) is 0 Å². The summed E-state index contributed by atoms with van der Waals surface area (Å²) in [7, 11) is -4.18. The van der Waals surface area contributed by atoms with Gasteiger partial charge in [-0.2, -0.15) is 0 Å². The Balaban J connectivity index is 1.56. The summed E-state index contributed by atoms with van der Waals surface area (Å²) in [6.45, 7) is 0.256. The average molecular weight is 569 g/mol. The largest absolute Gasteiger partial charge is 0.408 e. The molecule has 4 aromatic rings. The van der Waals surface area contributed by atoms with Crippen LogP contribution in [0.2, 0.25) is 0 Å². The van der Waals surface area contributed by atoms with Crippen LogP contribution in [0.1, 0.15) is 33.4 Å². The molecule has 0 aliphatic carbocycles. The van der Waals surface area contributed by atoms with Crippen molar-refractivity contribution in [3.05, 3.63) is 143 Å². The lowest BCUT2D eigenvalue weighted by molar-refractivity contribution is 0.0823. The number of aliphatic hydroxyl groups is 2. The molecule has 212 valence electrons. The predicted molar refractivity (Wildman–Crippen MR) is 159 cm³/mol. The third-order valence-electron chi connectivity index (χ3n) is 7.89. The van der Waals surface area contributed by atoms with Gasteiger partial charge in [0, 0.05) is 13.1 Å². The summed E-state index contributed by atoms with van der Waals surface area (Å²) in [6, 6.07) is 33.8. The second-order valence-corrected chi connectivity index (χ2v) is 13.6. The van der Waals surface area contributed by atoms with Crippen LogP contribution in [0.4, 0.5) is 4.79 Å². The molecule has 2 unspecified atom stereocenters. The molecule has 4 N–H and O–H groups in total. The number of hydrogen-bond acceptors (Lipinski definition) is 5. The maximum Gasteiger partial charge on any atom is 0.380 e. The quantitative estimate of drug-likeness (QED) is 0.218. The molecule has 2 atom stereocenters. The minimum Gasteiger partial charge on any atom is -0.408 e. The Labute approximate surface area is 241 Å². The Bertz CT molecular complexity index is 1310. The Kier molecular flexibility index (Phi) is 8.97. The van der Waals surface area contributed by atoms with Crippen LogP contribution in [0.25, 0.3) is 0 Å². The normalized spacial score (nSPS) is 18.5. The van der Waals surface area contributed by atoms with Crippen LogP contribution in [-0.2, 0) is 39.1 Å². The molecule has 8 heteroatoms. The molecule has 1 heterocycles. The Morgan fingerprint density at radius 1 is 0.512 bits per heavy atom. The SMILES string of the molecule is O=C1N(Cc2ccc(CO)cc2)C(Cc2ccccc2)[Si](O)(O)C(Cc2ccccc2)N1Cc1ccc(CO)cc1. The molecule has 0 radical (unpaired) electrons. The summed E-state index contributed by atoms with van der Waals surface area (Å²) in [4.78, 5) is 42.1. The summed E-state index contributed by atoms with van der Waals surface area (Å²) >= 11 is 0. The molecule has 0 spiro atoms. The Morgan fingerprint density at radius 2 is 0.854 bits per heavy atom. The van der Waals surface area contributed by atoms with Crippen molar-refractivity contribution < 1.29 is 24.6 Å². The summed E-state index contributed by atoms with van der Waals surface area (Å²) in [5.74, 6) is 0. The molecule has 2 amide bonds. The fraction of sp³-hybridized carbons (Fsp3) is 0.242. The highest BCUT2D eigenvalue weighted by atomic mass is 28.4. The first-order valence-corrected chi connectivity index (χ1v) is 15.9. The van der Waals surface area contributed by atoms with Gasteiger partial charge in [-0.3, -0.25) is 0 Å². The molecule has 41 heavy (non-hydrogen) atoms. The number of amides is 2. The molecule has 7 nitrogen and oxygen atoms in total. The zero-order valence-electron chi connectivity index (χ0n) is 22.9. The third-order valence-corrected chi connectivity index (χ3v) is 10.9. The molecule has 0 saturated carbocycles. The number of urea groups is 1. The maximum absolute atomic E-state index is 14.4. The molecule has 0 aromatic heterocycles. The van der Waals surface area contributed by atoms with Gasteiger partial charge < -0.3 is 29.6 Å². The van der Waals surface area contributed by atoms with Crippen molar-refractivity contribution >= 4 is 14.6 Å². The predicted octanol–water partition coefficient (Wildman–Crippen LogP) is 3.84. The molecule has 5 rings (SSSR count). The van der Waals surface area contributed by atoms with Crippen LogP contribution in [0.15, 0.2) is 109 Å².